The van der Waals surface area contributed by atoms with Crippen molar-refractivity contribution in [3.05, 3.63) is 96.4 Å². The molecule has 12 heteroatoms. The number of fused-ring (bicyclic) bond motifs is 1. The molecule has 1 unspecified atom stereocenters. The molecule has 0 aliphatic carbocycles. The number of ether oxygens (including phenoxy) is 2. The lowest BCUT2D eigenvalue weighted by Crippen LogP contribution is -2.37. The number of nitrogens with two attached hydrogens (primary N) is 1. The second kappa shape index (κ2) is 12.6. The first-order valence-electron chi connectivity index (χ1n) is 14.1. The van der Waals surface area contributed by atoms with Gasteiger partial charge in [0.15, 0.2) is 11.5 Å². The first kappa shape index (κ1) is 30.4. The Balaban J connectivity index is 1.52. The van der Waals surface area contributed by atoms with Crippen LogP contribution in [0.4, 0.5) is 11.5 Å². The number of carbonyl (C=O) groups is 1. The van der Waals surface area contributed by atoms with E-state index in [9.17, 15) is 13.2 Å². The van der Waals surface area contributed by atoms with Gasteiger partial charge in [-0.3, -0.25) is 4.79 Å². The minimum absolute atomic E-state index is 0.109. The van der Waals surface area contributed by atoms with Crippen molar-refractivity contribution >= 4 is 38.2 Å². The number of nitrogens with zero attached hydrogens (tertiary/aromatic N) is 3. The van der Waals surface area contributed by atoms with Crippen LogP contribution < -0.4 is 25.2 Å². The van der Waals surface area contributed by atoms with Gasteiger partial charge in [-0.15, -0.1) is 0 Å². The Morgan fingerprint density at radius 3 is 2.52 bits per heavy atom. The zero-order chi connectivity index (χ0) is 31.4. The Kier molecular flexibility index (Phi) is 8.72. The van der Waals surface area contributed by atoms with Gasteiger partial charge in [0.1, 0.15) is 16.8 Å². The molecule has 0 aliphatic rings. The molecule has 0 saturated carbocycles. The number of nitrogen functional groups attached to an aromatic ring is 1. The fourth-order valence-electron chi connectivity index (χ4n) is 4.82. The smallest absolute Gasteiger partial charge is 0.267 e. The van der Waals surface area contributed by atoms with E-state index >= 15 is 0 Å². The summed E-state index contributed by atoms with van der Waals surface area (Å²) in [5, 5.41) is 9.01. The highest BCUT2D eigenvalue weighted by Crippen LogP contribution is 2.34. The van der Waals surface area contributed by atoms with Crippen molar-refractivity contribution in [2.24, 2.45) is 0 Å². The van der Waals surface area contributed by atoms with Crippen LogP contribution in [-0.2, 0) is 14.8 Å². The minimum Gasteiger partial charge on any atom is -0.490 e. The normalized spacial score (nSPS) is 12.2. The third-order valence-electron chi connectivity index (χ3n) is 6.82. The van der Waals surface area contributed by atoms with Crippen LogP contribution in [0.2, 0.25) is 0 Å². The second-order valence-electron chi connectivity index (χ2n) is 10.3. The maximum Gasteiger partial charge on any atom is 0.267 e. The van der Waals surface area contributed by atoms with Crippen LogP contribution >= 0.6 is 0 Å². The van der Waals surface area contributed by atoms with E-state index in [1.54, 1.807) is 49.5 Å². The van der Waals surface area contributed by atoms with Crippen molar-refractivity contribution < 1.29 is 22.7 Å². The number of anilines is 2. The molecule has 5 rings (SSSR count). The third-order valence-corrected chi connectivity index (χ3v) is 8.27. The summed E-state index contributed by atoms with van der Waals surface area (Å²) in [6, 6.07) is 20.2. The standard InChI is InChI=1S/C32H34N6O5S/c1-5-42-28-18-23(11-14-27(28)43-20(2)3)30(36-24-12-13-26-22(17-24)15-16-34-31(26)33)32(39)37-44(40,41)29-19-35-38(21(29)4)25-9-7-6-8-10-25/h6-20,30,36H,5H2,1-4H3,(H2,33,34)(H,37,39). The number of amides is 1. The van der Waals surface area contributed by atoms with E-state index in [4.69, 9.17) is 15.2 Å². The number of para-hydroxylation sites is 1. The first-order valence-corrected chi connectivity index (χ1v) is 15.6. The average Bonchev–Trinajstić information content (AvgIpc) is 3.39. The fraction of sp³-hybridized carbons (Fsp3) is 0.219. The lowest BCUT2D eigenvalue weighted by atomic mass is 10.0. The molecular formula is C32H34N6O5S. The third kappa shape index (κ3) is 6.45. The highest BCUT2D eigenvalue weighted by Gasteiger charge is 2.30. The molecule has 3 aromatic carbocycles. The number of rotatable bonds is 11. The van der Waals surface area contributed by atoms with Gasteiger partial charge in [-0.2, -0.15) is 5.10 Å². The van der Waals surface area contributed by atoms with Crippen molar-refractivity contribution in [3.63, 3.8) is 0 Å². The molecule has 5 aromatic rings. The van der Waals surface area contributed by atoms with Crippen LogP contribution in [0.1, 0.15) is 38.1 Å². The summed E-state index contributed by atoms with van der Waals surface area (Å²) < 4.78 is 42.6. The second-order valence-corrected chi connectivity index (χ2v) is 12.0. The van der Waals surface area contributed by atoms with Gasteiger partial charge >= 0.3 is 0 Å². The zero-order valence-corrected chi connectivity index (χ0v) is 25.6. The van der Waals surface area contributed by atoms with Gasteiger partial charge in [-0.1, -0.05) is 24.3 Å². The van der Waals surface area contributed by atoms with Gasteiger partial charge in [0, 0.05) is 17.3 Å². The topological polar surface area (TPSA) is 150 Å². The van der Waals surface area contributed by atoms with Crippen LogP contribution in [-0.4, -0.2) is 41.8 Å². The largest absolute Gasteiger partial charge is 0.490 e. The molecule has 0 aliphatic heterocycles. The predicted molar refractivity (Wildman–Crippen MR) is 170 cm³/mol. The summed E-state index contributed by atoms with van der Waals surface area (Å²) >= 11 is 0. The molecule has 2 heterocycles. The lowest BCUT2D eigenvalue weighted by Gasteiger charge is -2.22. The van der Waals surface area contributed by atoms with Gasteiger partial charge in [0.2, 0.25) is 0 Å². The van der Waals surface area contributed by atoms with E-state index in [1.807, 2.05) is 57.2 Å². The summed E-state index contributed by atoms with van der Waals surface area (Å²) in [4.78, 5) is 17.9. The summed E-state index contributed by atoms with van der Waals surface area (Å²) in [7, 11) is -4.31. The summed E-state index contributed by atoms with van der Waals surface area (Å²) in [6.45, 7) is 7.63. The van der Waals surface area contributed by atoms with E-state index in [0.29, 0.717) is 46.6 Å². The van der Waals surface area contributed by atoms with E-state index in [1.165, 1.54) is 10.9 Å². The van der Waals surface area contributed by atoms with E-state index in [2.05, 4.69) is 20.1 Å². The van der Waals surface area contributed by atoms with Crippen LogP contribution in [0.3, 0.4) is 0 Å². The molecule has 1 atom stereocenters. The number of aromatic nitrogens is 3. The Hall–Kier alpha value is -5.10. The molecule has 2 aromatic heterocycles. The van der Waals surface area contributed by atoms with Crippen LogP contribution in [0.25, 0.3) is 16.5 Å². The van der Waals surface area contributed by atoms with Crippen LogP contribution in [0.15, 0.2) is 90.1 Å². The lowest BCUT2D eigenvalue weighted by molar-refractivity contribution is -0.120. The molecule has 0 radical (unpaired) electrons. The van der Waals surface area contributed by atoms with Gasteiger partial charge in [0.25, 0.3) is 15.9 Å². The number of sulfonamides is 1. The van der Waals surface area contributed by atoms with Crippen molar-refractivity contribution in [1.29, 1.82) is 0 Å². The molecule has 4 N–H and O–H groups in total. The molecular weight excluding hydrogens is 580 g/mol. The number of hydrogen-bond donors (Lipinski definition) is 3. The molecule has 0 saturated heterocycles. The molecule has 0 fully saturated rings. The van der Waals surface area contributed by atoms with Gasteiger partial charge in [-0.05, 0) is 87.2 Å². The van der Waals surface area contributed by atoms with Crippen molar-refractivity contribution in [3.8, 4) is 17.2 Å². The maximum absolute atomic E-state index is 13.9. The number of hydrogen-bond acceptors (Lipinski definition) is 9. The number of carbonyl (C=O) groups excluding carboxylic acids is 1. The summed E-state index contributed by atoms with van der Waals surface area (Å²) in [5.74, 6) is 0.516. The van der Waals surface area contributed by atoms with Crippen LogP contribution in [0, 0.1) is 6.92 Å². The molecule has 0 spiro atoms. The predicted octanol–water partition coefficient (Wildman–Crippen LogP) is 5.16. The maximum atomic E-state index is 13.9. The van der Waals surface area contributed by atoms with Crippen molar-refractivity contribution in [2.75, 3.05) is 17.7 Å². The molecule has 0 bridgehead atoms. The minimum atomic E-state index is -4.31. The van der Waals surface area contributed by atoms with E-state index in [-0.39, 0.29) is 11.0 Å². The fourth-order valence-corrected chi connectivity index (χ4v) is 5.97. The van der Waals surface area contributed by atoms with Crippen LogP contribution in [0.5, 0.6) is 11.5 Å². The van der Waals surface area contributed by atoms with Crippen molar-refractivity contribution in [1.82, 2.24) is 19.5 Å². The highest BCUT2D eigenvalue weighted by molar-refractivity contribution is 7.90. The Morgan fingerprint density at radius 1 is 1.02 bits per heavy atom. The number of benzene rings is 3. The number of nitrogens with one attached hydrogen (secondary N) is 2. The first-order chi connectivity index (χ1) is 21.1. The Labute approximate surface area is 256 Å². The highest BCUT2D eigenvalue weighted by atomic mass is 32.2. The van der Waals surface area contributed by atoms with E-state index in [0.717, 1.165) is 10.8 Å². The molecule has 1 amide bonds. The SMILES string of the molecule is CCOc1cc(C(Nc2ccc3c(N)nccc3c2)C(=O)NS(=O)(=O)c2cnn(-c3ccccc3)c2C)ccc1OC(C)C. The Bertz CT molecular complexity index is 1910. The van der Waals surface area contributed by atoms with E-state index < -0.39 is 22.0 Å². The average molecular weight is 615 g/mol. The van der Waals surface area contributed by atoms with Gasteiger partial charge in [-0.25, -0.2) is 22.8 Å². The quantitative estimate of drug-likeness (QED) is 0.183. The monoisotopic (exact) mass is 614 g/mol. The summed E-state index contributed by atoms with van der Waals surface area (Å²) in [5.41, 5.74) is 8.10. The molecule has 11 nitrogen and oxygen atoms in total. The van der Waals surface area contributed by atoms with Gasteiger partial charge < -0.3 is 20.5 Å². The zero-order valence-electron chi connectivity index (χ0n) is 24.8. The number of pyridine rings is 1. The molecule has 228 valence electrons. The molecule has 44 heavy (non-hydrogen) atoms. The van der Waals surface area contributed by atoms with Crippen molar-refractivity contribution in [2.45, 2.75) is 44.7 Å². The van der Waals surface area contributed by atoms with Gasteiger partial charge in [0.05, 0.1) is 30.3 Å². The Morgan fingerprint density at radius 2 is 1.80 bits per heavy atom. The summed E-state index contributed by atoms with van der Waals surface area (Å²) in [6.07, 6.45) is 2.72.